The van der Waals surface area contributed by atoms with Crippen LogP contribution in [0.3, 0.4) is 0 Å². The van der Waals surface area contributed by atoms with Gasteiger partial charge in [0.05, 0.1) is 10.6 Å². The van der Waals surface area contributed by atoms with Gasteiger partial charge < -0.3 is 15.6 Å². The third-order valence-corrected chi connectivity index (χ3v) is 5.06. The summed E-state index contributed by atoms with van der Waals surface area (Å²) in [6.07, 6.45) is 0. The monoisotopic (exact) mass is 408 g/mol. The van der Waals surface area contributed by atoms with Crippen LogP contribution in [0.5, 0.6) is 0 Å². The molecule has 0 aliphatic rings. The van der Waals surface area contributed by atoms with Crippen LogP contribution in [0.25, 0.3) is 5.57 Å². The van der Waals surface area contributed by atoms with Crippen molar-refractivity contribution in [1.82, 2.24) is 5.32 Å². The number of anilines is 2. The number of aryl methyl sites for hydroxylation is 1. The van der Waals surface area contributed by atoms with E-state index in [0.717, 1.165) is 40.3 Å². The van der Waals surface area contributed by atoms with Crippen molar-refractivity contribution in [1.29, 1.82) is 10.7 Å². The molecule has 0 aliphatic heterocycles. The fourth-order valence-electron chi connectivity index (χ4n) is 3.53. The molecule has 2 aromatic carbocycles. The summed E-state index contributed by atoms with van der Waals surface area (Å²) in [5.74, 6) is 0. The van der Waals surface area contributed by atoms with Crippen molar-refractivity contribution < 1.29 is 0 Å². The molecule has 152 valence electrons. The number of benzene rings is 2. The van der Waals surface area contributed by atoms with Crippen molar-refractivity contribution >= 4 is 34.3 Å². The van der Waals surface area contributed by atoms with Gasteiger partial charge in [-0.1, -0.05) is 23.7 Å². The number of allylic oxidation sites excluding steroid dienone is 2. The van der Waals surface area contributed by atoms with Crippen molar-refractivity contribution in [2.45, 2.75) is 47.6 Å². The standard InChI is InChI=1S/C24H29ClN4/c1-7-29(21-11-10-20(14-26)22(25)13-21)23-12-19(9-8-16(23)4)24(17(5)27)18(6)28-15(2)3/h8-13,15,27-28H,7H2,1-6H3/b24-18+,27-17?. The molecule has 2 aromatic rings. The molecular formula is C24H29ClN4. The zero-order valence-corrected chi connectivity index (χ0v) is 18.8. The van der Waals surface area contributed by atoms with Crippen LogP contribution in [0.2, 0.25) is 5.02 Å². The Hall–Kier alpha value is -2.77. The van der Waals surface area contributed by atoms with Gasteiger partial charge in [0.25, 0.3) is 0 Å². The Morgan fingerprint density at radius 2 is 1.90 bits per heavy atom. The van der Waals surface area contributed by atoms with E-state index in [-0.39, 0.29) is 0 Å². The van der Waals surface area contributed by atoms with Gasteiger partial charge in [-0.2, -0.15) is 5.26 Å². The summed E-state index contributed by atoms with van der Waals surface area (Å²) in [4.78, 5) is 2.17. The summed E-state index contributed by atoms with van der Waals surface area (Å²) in [5.41, 5.74) is 7.02. The molecule has 0 spiro atoms. The van der Waals surface area contributed by atoms with E-state index < -0.39 is 0 Å². The molecule has 29 heavy (non-hydrogen) atoms. The topological polar surface area (TPSA) is 62.9 Å². The van der Waals surface area contributed by atoms with Gasteiger partial charge in [0.2, 0.25) is 0 Å². The lowest BCUT2D eigenvalue weighted by molar-refractivity contribution is 0.672. The second-order valence-corrected chi connectivity index (χ2v) is 7.85. The van der Waals surface area contributed by atoms with Crippen LogP contribution in [-0.2, 0) is 0 Å². The van der Waals surface area contributed by atoms with E-state index in [1.165, 1.54) is 0 Å². The highest BCUT2D eigenvalue weighted by Gasteiger charge is 2.16. The van der Waals surface area contributed by atoms with Gasteiger partial charge in [-0.25, -0.2) is 0 Å². The van der Waals surface area contributed by atoms with Gasteiger partial charge in [-0.05, 0) is 76.9 Å². The molecule has 0 fully saturated rings. The van der Waals surface area contributed by atoms with Crippen LogP contribution in [0.4, 0.5) is 11.4 Å². The molecular weight excluding hydrogens is 380 g/mol. The van der Waals surface area contributed by atoms with Crippen LogP contribution in [0, 0.1) is 23.7 Å². The highest BCUT2D eigenvalue weighted by molar-refractivity contribution is 6.32. The number of hydrogen-bond donors (Lipinski definition) is 2. The summed E-state index contributed by atoms with van der Waals surface area (Å²) in [7, 11) is 0. The largest absolute Gasteiger partial charge is 0.386 e. The minimum absolute atomic E-state index is 0.294. The van der Waals surface area contributed by atoms with E-state index in [4.69, 9.17) is 22.3 Å². The van der Waals surface area contributed by atoms with Gasteiger partial charge in [-0.15, -0.1) is 0 Å². The minimum atomic E-state index is 0.294. The summed E-state index contributed by atoms with van der Waals surface area (Å²) < 4.78 is 0. The van der Waals surface area contributed by atoms with E-state index in [0.29, 0.717) is 22.3 Å². The van der Waals surface area contributed by atoms with Gasteiger partial charge in [-0.3, -0.25) is 0 Å². The Morgan fingerprint density at radius 1 is 1.21 bits per heavy atom. The van der Waals surface area contributed by atoms with Crippen LogP contribution >= 0.6 is 11.6 Å². The van der Waals surface area contributed by atoms with Crippen LogP contribution in [0.15, 0.2) is 42.1 Å². The zero-order valence-electron chi connectivity index (χ0n) is 18.0. The molecule has 4 nitrogen and oxygen atoms in total. The summed E-state index contributed by atoms with van der Waals surface area (Å²) in [5, 5.41) is 21.3. The molecule has 0 saturated heterocycles. The predicted octanol–water partition coefficient (Wildman–Crippen LogP) is 6.45. The van der Waals surface area contributed by atoms with E-state index in [1.54, 1.807) is 6.07 Å². The Morgan fingerprint density at radius 3 is 2.41 bits per heavy atom. The predicted molar refractivity (Wildman–Crippen MR) is 124 cm³/mol. The molecule has 0 radical (unpaired) electrons. The average molecular weight is 409 g/mol. The lowest BCUT2D eigenvalue weighted by atomic mass is 9.97. The maximum absolute atomic E-state index is 9.15. The van der Waals surface area contributed by atoms with Crippen molar-refractivity contribution in [3.8, 4) is 6.07 Å². The Bertz CT molecular complexity index is 983. The first kappa shape index (κ1) is 22.5. The lowest BCUT2D eigenvalue weighted by Gasteiger charge is -2.27. The maximum Gasteiger partial charge on any atom is 0.101 e. The third kappa shape index (κ3) is 5.19. The van der Waals surface area contributed by atoms with Crippen LogP contribution in [0.1, 0.15) is 51.3 Å². The average Bonchev–Trinajstić information content (AvgIpc) is 2.64. The quantitative estimate of drug-likeness (QED) is 0.517. The molecule has 0 aliphatic carbocycles. The summed E-state index contributed by atoms with van der Waals surface area (Å²) in [6, 6.07) is 14.2. The number of hydrogen-bond acceptors (Lipinski definition) is 4. The van der Waals surface area contributed by atoms with Gasteiger partial charge in [0, 0.05) is 40.9 Å². The lowest BCUT2D eigenvalue weighted by Crippen LogP contribution is -2.23. The fraction of sp³-hybridized carbons (Fsp3) is 0.333. The number of nitrogens with zero attached hydrogens (tertiary/aromatic N) is 2. The zero-order chi connectivity index (χ0) is 21.7. The van der Waals surface area contributed by atoms with E-state index >= 15 is 0 Å². The maximum atomic E-state index is 9.15. The molecule has 0 saturated carbocycles. The normalized spacial score (nSPS) is 11.7. The van der Waals surface area contributed by atoms with E-state index in [1.807, 2.05) is 26.0 Å². The van der Waals surface area contributed by atoms with Gasteiger partial charge >= 0.3 is 0 Å². The molecule has 0 amide bonds. The molecule has 0 heterocycles. The van der Waals surface area contributed by atoms with Gasteiger partial charge in [0.15, 0.2) is 0 Å². The molecule has 0 aromatic heterocycles. The smallest absolute Gasteiger partial charge is 0.101 e. The number of halogens is 1. The Kier molecular flexibility index (Phi) is 7.47. The molecule has 5 heteroatoms. The Balaban J connectivity index is 2.60. The van der Waals surface area contributed by atoms with Gasteiger partial charge in [0.1, 0.15) is 6.07 Å². The first-order valence-corrected chi connectivity index (χ1v) is 10.2. The minimum Gasteiger partial charge on any atom is -0.386 e. The highest BCUT2D eigenvalue weighted by atomic mass is 35.5. The van der Waals surface area contributed by atoms with Crippen LogP contribution in [-0.4, -0.2) is 18.3 Å². The highest BCUT2D eigenvalue weighted by Crippen LogP contribution is 2.33. The van der Waals surface area contributed by atoms with Crippen LogP contribution < -0.4 is 10.2 Å². The number of nitrogens with one attached hydrogen (secondary N) is 2. The molecule has 0 bridgehead atoms. The van der Waals surface area contributed by atoms with E-state index in [2.05, 4.69) is 62.2 Å². The number of nitriles is 1. The van der Waals surface area contributed by atoms with E-state index in [9.17, 15) is 0 Å². The summed E-state index contributed by atoms with van der Waals surface area (Å²) in [6.45, 7) is 12.9. The van der Waals surface area contributed by atoms with Crippen molar-refractivity contribution in [3.63, 3.8) is 0 Å². The SMILES string of the molecule is CCN(c1ccc(C#N)c(Cl)c1)c1cc(/C(C(C)=N)=C(\C)NC(C)C)ccc1C. The first-order chi connectivity index (χ1) is 13.7. The number of rotatable bonds is 7. The third-order valence-electron chi connectivity index (χ3n) is 4.74. The fourth-order valence-corrected chi connectivity index (χ4v) is 3.75. The van der Waals surface area contributed by atoms with Crippen molar-refractivity contribution in [2.75, 3.05) is 11.4 Å². The molecule has 0 atom stereocenters. The Labute approximate surface area is 179 Å². The molecule has 2 rings (SSSR count). The second-order valence-electron chi connectivity index (χ2n) is 7.45. The molecule has 0 unspecified atom stereocenters. The second kappa shape index (κ2) is 9.62. The van der Waals surface area contributed by atoms with Crippen molar-refractivity contribution in [3.05, 3.63) is 63.8 Å². The summed E-state index contributed by atoms with van der Waals surface area (Å²) >= 11 is 6.28. The first-order valence-electron chi connectivity index (χ1n) is 9.80. The van der Waals surface area contributed by atoms with Crippen molar-refractivity contribution in [2.24, 2.45) is 0 Å². The molecule has 2 N–H and O–H groups in total.